The topological polar surface area (TPSA) is 63.7 Å². The molecule has 0 unspecified atom stereocenters. The van der Waals surface area contributed by atoms with Gasteiger partial charge in [-0.15, -0.1) is 0 Å². The van der Waals surface area contributed by atoms with Crippen LogP contribution in [0.25, 0.3) is 0 Å². The highest BCUT2D eigenvalue weighted by Crippen LogP contribution is 2.65. The summed E-state index contributed by atoms with van der Waals surface area (Å²) in [5.74, 6) is 1.00. The number of carbonyl (C=O) groups is 3. The van der Waals surface area contributed by atoms with Gasteiger partial charge >= 0.3 is 5.97 Å². The highest BCUT2D eigenvalue weighted by atomic mass is 16.5. The summed E-state index contributed by atoms with van der Waals surface area (Å²) in [6.45, 7) is 3.88. The molecule has 31 heavy (non-hydrogen) atoms. The van der Waals surface area contributed by atoms with E-state index in [1.54, 1.807) is 30.3 Å². The van der Waals surface area contributed by atoms with Gasteiger partial charge in [-0.05, 0) is 85.4 Å². The minimum absolute atomic E-state index is 0.0922. The Balaban J connectivity index is 1.24. The zero-order chi connectivity index (χ0) is 21.4. The number of esters is 1. The van der Waals surface area contributed by atoms with Crippen LogP contribution in [0.15, 0.2) is 54.6 Å². The smallest absolute Gasteiger partial charge is 0.343 e. The number of ether oxygens (including phenoxy) is 1. The summed E-state index contributed by atoms with van der Waals surface area (Å²) in [6.07, 6.45) is 5.48. The number of hydrogen-bond donors (Lipinski definition) is 0. The molecule has 2 aromatic rings. The van der Waals surface area contributed by atoms with Gasteiger partial charge in [-0.3, -0.25) is 14.5 Å². The van der Waals surface area contributed by atoms with Gasteiger partial charge in [0.2, 0.25) is 11.8 Å². The molecule has 0 spiro atoms. The van der Waals surface area contributed by atoms with Crippen LogP contribution in [0.4, 0.5) is 5.69 Å². The van der Waals surface area contributed by atoms with Crippen molar-refractivity contribution in [3.8, 4) is 5.75 Å². The summed E-state index contributed by atoms with van der Waals surface area (Å²) in [5.41, 5.74) is 2.88. The SMILES string of the molecule is Cc1cccc(OC(=O)c2ccc(N3C(=O)[C@H]4[C@@H]5C=C[C@@H]([C@H]6C[C@H]56)[C@@H]4C3=O)cc2)c1C. The number of aryl methyl sites for hydroxylation is 1. The number of anilines is 1. The first kappa shape index (κ1) is 18.6. The Morgan fingerprint density at radius 1 is 0.903 bits per heavy atom. The summed E-state index contributed by atoms with van der Waals surface area (Å²) < 4.78 is 5.56. The summed E-state index contributed by atoms with van der Waals surface area (Å²) in [4.78, 5) is 40.4. The largest absolute Gasteiger partial charge is 0.423 e. The zero-order valence-electron chi connectivity index (χ0n) is 17.4. The van der Waals surface area contributed by atoms with E-state index in [1.165, 1.54) is 4.90 Å². The lowest BCUT2D eigenvalue weighted by molar-refractivity contribution is -0.124. The molecule has 5 aliphatic rings. The lowest BCUT2D eigenvalue weighted by Crippen LogP contribution is -2.40. The van der Waals surface area contributed by atoms with Crippen molar-refractivity contribution >= 4 is 23.5 Å². The minimum atomic E-state index is -0.463. The Kier molecular flexibility index (Phi) is 3.83. The molecule has 2 aromatic carbocycles. The van der Waals surface area contributed by atoms with Gasteiger partial charge in [-0.1, -0.05) is 24.3 Å². The van der Waals surface area contributed by atoms with Crippen molar-refractivity contribution in [2.45, 2.75) is 20.3 Å². The molecule has 156 valence electrons. The van der Waals surface area contributed by atoms with Gasteiger partial charge in [0.15, 0.2) is 0 Å². The monoisotopic (exact) mass is 413 g/mol. The highest BCUT2D eigenvalue weighted by Gasteiger charge is 2.67. The number of allylic oxidation sites excluding steroid dienone is 2. The molecule has 1 saturated heterocycles. The second kappa shape index (κ2) is 6.39. The Morgan fingerprint density at radius 2 is 1.52 bits per heavy atom. The number of benzene rings is 2. The lowest BCUT2D eigenvalue weighted by atomic mass is 9.63. The van der Waals surface area contributed by atoms with Crippen LogP contribution in [0, 0.1) is 49.4 Å². The van der Waals surface area contributed by atoms with Gasteiger partial charge in [0, 0.05) is 0 Å². The van der Waals surface area contributed by atoms with Crippen molar-refractivity contribution in [3.63, 3.8) is 0 Å². The highest BCUT2D eigenvalue weighted by molar-refractivity contribution is 6.22. The van der Waals surface area contributed by atoms with Crippen LogP contribution in [0.1, 0.15) is 27.9 Å². The van der Waals surface area contributed by atoms with Crippen molar-refractivity contribution in [1.29, 1.82) is 0 Å². The van der Waals surface area contributed by atoms with E-state index >= 15 is 0 Å². The molecule has 7 rings (SSSR count). The predicted octanol–water partition coefficient (Wildman–Crippen LogP) is 4.08. The molecule has 4 aliphatic carbocycles. The van der Waals surface area contributed by atoms with Gasteiger partial charge in [-0.2, -0.15) is 0 Å². The molecule has 1 aliphatic heterocycles. The van der Waals surface area contributed by atoms with Crippen LogP contribution in [0.5, 0.6) is 5.75 Å². The van der Waals surface area contributed by atoms with Gasteiger partial charge in [0.05, 0.1) is 23.1 Å². The third kappa shape index (κ3) is 2.59. The van der Waals surface area contributed by atoms with Gasteiger partial charge in [0.25, 0.3) is 0 Å². The van der Waals surface area contributed by atoms with Crippen molar-refractivity contribution in [2.24, 2.45) is 35.5 Å². The Bertz CT molecular complexity index is 1130. The van der Waals surface area contributed by atoms with E-state index in [9.17, 15) is 14.4 Å². The van der Waals surface area contributed by atoms with Crippen molar-refractivity contribution < 1.29 is 19.1 Å². The number of hydrogen-bond acceptors (Lipinski definition) is 4. The Labute approximate surface area is 180 Å². The molecule has 1 heterocycles. The number of nitrogens with zero attached hydrogens (tertiary/aromatic N) is 1. The Hall–Kier alpha value is -3.21. The van der Waals surface area contributed by atoms with Gasteiger partial charge in [-0.25, -0.2) is 4.79 Å². The summed E-state index contributed by atoms with van der Waals surface area (Å²) in [6, 6.07) is 12.2. The predicted molar refractivity (Wildman–Crippen MR) is 115 cm³/mol. The summed E-state index contributed by atoms with van der Waals surface area (Å²) in [7, 11) is 0. The maximum absolute atomic E-state index is 13.2. The molecule has 2 amide bonds. The van der Waals surface area contributed by atoms with Crippen LogP contribution in [0.2, 0.25) is 0 Å². The van der Waals surface area contributed by atoms with Crippen LogP contribution < -0.4 is 9.64 Å². The first-order chi connectivity index (χ1) is 15.0. The van der Waals surface area contributed by atoms with E-state index in [-0.39, 0.29) is 35.5 Å². The van der Waals surface area contributed by atoms with Gasteiger partial charge < -0.3 is 4.74 Å². The van der Waals surface area contributed by atoms with Crippen LogP contribution in [-0.2, 0) is 9.59 Å². The first-order valence-electron chi connectivity index (χ1n) is 10.9. The van der Waals surface area contributed by atoms with E-state index in [0.717, 1.165) is 17.5 Å². The summed E-state index contributed by atoms with van der Waals surface area (Å²) >= 11 is 0. The molecular weight excluding hydrogens is 390 g/mol. The number of rotatable bonds is 3. The molecule has 0 radical (unpaired) electrons. The normalized spacial score (nSPS) is 32.1. The van der Waals surface area contributed by atoms with Crippen LogP contribution in [0.3, 0.4) is 0 Å². The molecule has 5 nitrogen and oxygen atoms in total. The van der Waals surface area contributed by atoms with E-state index in [0.29, 0.717) is 28.8 Å². The Morgan fingerprint density at radius 3 is 2.13 bits per heavy atom. The van der Waals surface area contributed by atoms with E-state index in [4.69, 9.17) is 4.74 Å². The average molecular weight is 413 g/mol. The average Bonchev–Trinajstić information content (AvgIpc) is 3.55. The lowest BCUT2D eigenvalue weighted by Gasteiger charge is -2.37. The number of imide groups is 1. The molecule has 0 aromatic heterocycles. The molecule has 5 heteroatoms. The molecule has 3 fully saturated rings. The second-order valence-corrected chi connectivity index (χ2v) is 9.30. The van der Waals surface area contributed by atoms with Crippen LogP contribution >= 0.6 is 0 Å². The fourth-order valence-electron chi connectivity index (χ4n) is 5.95. The fourth-order valence-corrected chi connectivity index (χ4v) is 5.95. The quantitative estimate of drug-likeness (QED) is 0.329. The maximum Gasteiger partial charge on any atom is 0.343 e. The van der Waals surface area contributed by atoms with E-state index < -0.39 is 5.97 Å². The van der Waals surface area contributed by atoms with E-state index in [2.05, 4.69) is 12.2 Å². The molecular formula is C26H23NO4. The molecule has 2 bridgehead atoms. The van der Waals surface area contributed by atoms with Crippen LogP contribution in [-0.4, -0.2) is 17.8 Å². The van der Waals surface area contributed by atoms with E-state index in [1.807, 2.05) is 26.0 Å². The van der Waals surface area contributed by atoms with Crippen molar-refractivity contribution in [1.82, 2.24) is 0 Å². The number of amides is 2. The molecule has 6 atom stereocenters. The first-order valence-corrected chi connectivity index (χ1v) is 10.9. The minimum Gasteiger partial charge on any atom is -0.423 e. The molecule has 2 saturated carbocycles. The third-order valence-corrected chi connectivity index (χ3v) is 7.78. The van der Waals surface area contributed by atoms with Crippen molar-refractivity contribution in [3.05, 3.63) is 71.3 Å². The summed E-state index contributed by atoms with van der Waals surface area (Å²) in [5, 5.41) is 0. The fraction of sp³-hybridized carbons (Fsp3) is 0.346. The standard InChI is InChI=1S/C26H23NO4/c1-13-4-3-5-21(14(13)2)31-26(30)15-6-8-16(9-7-15)27-24(28)22-17-10-11-18(20-12-19(17)20)23(22)25(27)29/h3-11,17-20,22-23H,12H2,1-2H3/t17-,18+,19-,20-,22+,23+/m1/s1. The number of carbonyl (C=O) groups excluding carboxylic acids is 3. The van der Waals surface area contributed by atoms with Gasteiger partial charge in [0.1, 0.15) is 5.75 Å². The maximum atomic E-state index is 13.2. The second-order valence-electron chi connectivity index (χ2n) is 9.30. The third-order valence-electron chi connectivity index (χ3n) is 7.78. The zero-order valence-corrected chi connectivity index (χ0v) is 17.4. The molecule has 0 N–H and O–H groups in total. The van der Waals surface area contributed by atoms with Crippen molar-refractivity contribution in [2.75, 3.05) is 4.90 Å².